The van der Waals surface area contributed by atoms with Gasteiger partial charge in [-0.05, 0) is 41.0 Å². The van der Waals surface area contributed by atoms with Gasteiger partial charge in [0.05, 0.1) is 0 Å². The van der Waals surface area contributed by atoms with Gasteiger partial charge in [0.1, 0.15) is 0 Å². The standard InChI is InChI=1S/C23H31P/c1-10-14-16-20-18(12-3)19(13-4)21(17-15-11-2)23(20,24(8)9)22(5,6)7/h10-17H,1-4H2,5-9H3/b16-14-,17-15-. The number of hydrogen-bond acceptors (Lipinski definition) is 0. The molecule has 1 heteroatoms. The molecule has 0 aliphatic heterocycles. The molecule has 0 aromatic heterocycles. The van der Waals surface area contributed by atoms with Crippen LogP contribution in [0, 0.1) is 5.41 Å². The molecule has 0 fully saturated rings. The smallest absolute Gasteiger partial charge is 0.0456 e. The predicted molar refractivity (Wildman–Crippen MR) is 114 cm³/mol. The van der Waals surface area contributed by atoms with Gasteiger partial charge in [0.2, 0.25) is 0 Å². The van der Waals surface area contributed by atoms with Crippen LogP contribution in [0.25, 0.3) is 0 Å². The molecule has 0 radical (unpaired) electrons. The van der Waals surface area contributed by atoms with Gasteiger partial charge in [-0.3, -0.25) is 0 Å². The van der Waals surface area contributed by atoms with Gasteiger partial charge >= 0.3 is 0 Å². The zero-order chi connectivity index (χ0) is 18.5. The van der Waals surface area contributed by atoms with Crippen molar-refractivity contribution in [1.29, 1.82) is 0 Å². The van der Waals surface area contributed by atoms with Crippen LogP contribution in [0.3, 0.4) is 0 Å². The van der Waals surface area contributed by atoms with Crippen LogP contribution in [0.2, 0.25) is 0 Å². The first-order valence-electron chi connectivity index (χ1n) is 8.24. The van der Waals surface area contributed by atoms with Crippen molar-refractivity contribution in [2.24, 2.45) is 5.41 Å². The molecule has 0 spiro atoms. The molecule has 0 atom stereocenters. The molecule has 0 amide bonds. The average molecular weight is 338 g/mol. The highest BCUT2D eigenvalue weighted by molar-refractivity contribution is 7.58. The molecule has 0 nitrogen and oxygen atoms in total. The molecule has 1 aliphatic rings. The van der Waals surface area contributed by atoms with Crippen molar-refractivity contribution in [2.75, 3.05) is 13.3 Å². The van der Waals surface area contributed by atoms with Crippen LogP contribution in [-0.4, -0.2) is 18.5 Å². The maximum Gasteiger partial charge on any atom is 0.0456 e. The Morgan fingerprint density at radius 3 is 1.38 bits per heavy atom. The minimum atomic E-state index is -0.333. The molecule has 0 aromatic carbocycles. The van der Waals surface area contributed by atoms with Gasteiger partial charge in [0, 0.05) is 5.16 Å². The molecular formula is C23H31P. The predicted octanol–water partition coefficient (Wildman–Crippen LogP) is 6.98. The second-order valence-electron chi connectivity index (χ2n) is 7.11. The fourth-order valence-electron chi connectivity index (χ4n) is 3.97. The summed E-state index contributed by atoms with van der Waals surface area (Å²) in [5.74, 6) is 0. The van der Waals surface area contributed by atoms with Crippen molar-refractivity contribution >= 4 is 7.92 Å². The van der Waals surface area contributed by atoms with E-state index in [4.69, 9.17) is 0 Å². The quantitative estimate of drug-likeness (QED) is 0.347. The zero-order valence-electron chi connectivity index (χ0n) is 15.9. The Balaban J connectivity index is 4.04. The maximum atomic E-state index is 4.08. The summed E-state index contributed by atoms with van der Waals surface area (Å²) in [4.78, 5) is 0. The van der Waals surface area contributed by atoms with Crippen LogP contribution in [0.1, 0.15) is 20.8 Å². The summed E-state index contributed by atoms with van der Waals surface area (Å²) in [6.07, 6.45) is 16.1. The van der Waals surface area contributed by atoms with Crippen molar-refractivity contribution in [3.63, 3.8) is 0 Å². The Hall–Kier alpha value is -1.65. The normalized spacial score (nSPS) is 18.1. The Morgan fingerprint density at radius 1 is 0.792 bits per heavy atom. The SMILES string of the molecule is C=C/C=C\C1=C(C=C)C(C=C)=C(/C=C\C=C)C1(P(C)C)C(C)(C)C. The first-order chi connectivity index (χ1) is 11.2. The van der Waals surface area contributed by atoms with Crippen molar-refractivity contribution in [2.45, 2.75) is 25.9 Å². The van der Waals surface area contributed by atoms with Crippen LogP contribution < -0.4 is 0 Å². The van der Waals surface area contributed by atoms with Crippen LogP contribution in [0.5, 0.6) is 0 Å². The Kier molecular flexibility index (Phi) is 6.76. The lowest BCUT2D eigenvalue weighted by atomic mass is 9.72. The Morgan fingerprint density at radius 2 is 1.17 bits per heavy atom. The second kappa shape index (κ2) is 7.95. The molecule has 24 heavy (non-hydrogen) atoms. The Bertz CT molecular complexity index is 609. The van der Waals surface area contributed by atoms with Gasteiger partial charge < -0.3 is 0 Å². The summed E-state index contributed by atoms with van der Waals surface area (Å²) in [6.45, 7) is 27.5. The summed E-state index contributed by atoms with van der Waals surface area (Å²) in [5, 5.41) is -0.0750. The summed E-state index contributed by atoms with van der Waals surface area (Å²) in [5.41, 5.74) is 5.04. The Labute approximate surface area is 150 Å². The van der Waals surface area contributed by atoms with Gasteiger partial charge in [-0.2, -0.15) is 0 Å². The maximum absolute atomic E-state index is 4.08. The second-order valence-corrected chi connectivity index (χ2v) is 9.57. The van der Waals surface area contributed by atoms with E-state index in [1.165, 1.54) is 22.3 Å². The lowest BCUT2D eigenvalue weighted by Gasteiger charge is -2.49. The molecule has 0 aromatic rings. The highest BCUT2D eigenvalue weighted by atomic mass is 31.1. The number of hydrogen-bond donors (Lipinski definition) is 0. The van der Waals surface area contributed by atoms with E-state index in [2.05, 4.69) is 72.6 Å². The van der Waals surface area contributed by atoms with E-state index in [1.54, 1.807) is 0 Å². The van der Waals surface area contributed by atoms with E-state index in [-0.39, 0.29) is 18.5 Å². The fourth-order valence-corrected chi connectivity index (χ4v) is 6.67. The van der Waals surface area contributed by atoms with Gasteiger partial charge in [0.25, 0.3) is 0 Å². The van der Waals surface area contributed by atoms with Gasteiger partial charge in [0.15, 0.2) is 0 Å². The van der Waals surface area contributed by atoms with E-state index in [0.29, 0.717) is 0 Å². The summed E-state index contributed by atoms with van der Waals surface area (Å²) in [7, 11) is -0.333. The lowest BCUT2D eigenvalue weighted by Crippen LogP contribution is -2.42. The van der Waals surface area contributed by atoms with E-state index in [0.717, 1.165) is 0 Å². The topological polar surface area (TPSA) is 0 Å². The van der Waals surface area contributed by atoms with Gasteiger partial charge in [-0.25, -0.2) is 0 Å². The number of rotatable bonds is 7. The first kappa shape index (κ1) is 20.4. The zero-order valence-corrected chi connectivity index (χ0v) is 16.8. The highest BCUT2D eigenvalue weighted by Gasteiger charge is 2.53. The van der Waals surface area contributed by atoms with E-state index < -0.39 is 0 Å². The highest BCUT2D eigenvalue weighted by Crippen LogP contribution is 2.66. The molecule has 128 valence electrons. The average Bonchev–Trinajstić information content (AvgIpc) is 2.79. The van der Waals surface area contributed by atoms with Crippen molar-refractivity contribution in [3.8, 4) is 0 Å². The molecule has 0 saturated carbocycles. The van der Waals surface area contributed by atoms with Crippen LogP contribution in [-0.2, 0) is 0 Å². The van der Waals surface area contributed by atoms with E-state index >= 15 is 0 Å². The first-order valence-corrected chi connectivity index (χ1v) is 10.5. The summed E-state index contributed by atoms with van der Waals surface area (Å²) < 4.78 is 0. The van der Waals surface area contributed by atoms with Crippen molar-refractivity contribution < 1.29 is 0 Å². The third-order valence-electron chi connectivity index (χ3n) is 4.61. The van der Waals surface area contributed by atoms with Crippen molar-refractivity contribution in [3.05, 3.63) is 97.2 Å². The summed E-state index contributed by atoms with van der Waals surface area (Å²) in [6, 6.07) is 0. The molecule has 1 aliphatic carbocycles. The number of allylic oxidation sites excluding steroid dienone is 12. The monoisotopic (exact) mass is 338 g/mol. The molecule has 0 saturated heterocycles. The third kappa shape index (κ3) is 3.13. The van der Waals surface area contributed by atoms with Crippen LogP contribution in [0.4, 0.5) is 0 Å². The minimum Gasteiger partial charge on any atom is -0.0991 e. The van der Waals surface area contributed by atoms with Crippen LogP contribution in [0.15, 0.2) is 97.2 Å². The van der Waals surface area contributed by atoms with E-state index in [1.807, 2.05) is 36.5 Å². The third-order valence-corrected chi connectivity index (χ3v) is 7.11. The fraction of sp³-hybridized carbons (Fsp3) is 0.304. The largest absolute Gasteiger partial charge is 0.0991 e. The molecule has 0 unspecified atom stereocenters. The molecule has 0 heterocycles. The molecular weight excluding hydrogens is 307 g/mol. The molecule has 0 bridgehead atoms. The van der Waals surface area contributed by atoms with Crippen LogP contribution >= 0.6 is 7.92 Å². The van der Waals surface area contributed by atoms with Crippen molar-refractivity contribution in [1.82, 2.24) is 0 Å². The summed E-state index contributed by atoms with van der Waals surface area (Å²) >= 11 is 0. The molecule has 0 N–H and O–H groups in total. The molecule has 1 rings (SSSR count). The van der Waals surface area contributed by atoms with E-state index in [9.17, 15) is 0 Å². The lowest BCUT2D eigenvalue weighted by molar-refractivity contribution is 0.355. The van der Waals surface area contributed by atoms with Gasteiger partial charge in [-0.15, -0.1) is 0 Å². The minimum absolute atomic E-state index is 0.0446. The van der Waals surface area contributed by atoms with Gasteiger partial charge in [-0.1, -0.05) is 104 Å².